The first-order valence-corrected chi connectivity index (χ1v) is 4.24. The molecule has 0 aliphatic heterocycles. The average molecular weight is 193 g/mol. The summed E-state index contributed by atoms with van der Waals surface area (Å²) in [6.07, 6.45) is 0. The van der Waals surface area contributed by atoms with Crippen LogP contribution in [-0.2, 0) is 15.9 Å². The SMILES string of the molecule is C.[Cl][Pd][Cl]. The molecule has 0 bridgehead atoms. The van der Waals surface area contributed by atoms with Crippen molar-refractivity contribution in [2.24, 2.45) is 0 Å². The van der Waals surface area contributed by atoms with Crippen molar-refractivity contribution >= 4 is 19.1 Å². The standard InChI is InChI=1S/CH4.2ClH.Pd/h1H4;2*1H;/q;;;+2/p-2. The summed E-state index contributed by atoms with van der Waals surface area (Å²) in [5, 5.41) is 0. The van der Waals surface area contributed by atoms with Crippen molar-refractivity contribution in [3.63, 3.8) is 0 Å². The second-order valence-electron chi connectivity index (χ2n) is 0.0452. The van der Waals surface area contributed by atoms with Gasteiger partial charge in [0.25, 0.3) is 0 Å². The van der Waals surface area contributed by atoms with Gasteiger partial charge in [-0.05, 0) is 0 Å². The molecule has 0 radical (unpaired) electrons. The van der Waals surface area contributed by atoms with Crippen LogP contribution in [0.5, 0.6) is 0 Å². The third kappa shape index (κ3) is 10.6. The Morgan fingerprint density at radius 3 is 1.25 bits per heavy atom. The van der Waals surface area contributed by atoms with Crippen molar-refractivity contribution in [2.75, 3.05) is 0 Å². The summed E-state index contributed by atoms with van der Waals surface area (Å²) in [7, 11) is 9.63. The van der Waals surface area contributed by atoms with Gasteiger partial charge in [-0.2, -0.15) is 0 Å². The van der Waals surface area contributed by atoms with Crippen LogP contribution in [-0.4, -0.2) is 0 Å². The Morgan fingerprint density at radius 2 is 1.25 bits per heavy atom. The number of halogens is 2. The second kappa shape index (κ2) is 8.87. The van der Waals surface area contributed by atoms with Crippen molar-refractivity contribution in [3.8, 4) is 0 Å². The minimum atomic E-state index is -0.106. The molecular weight excluding hydrogens is 189 g/mol. The summed E-state index contributed by atoms with van der Waals surface area (Å²) < 4.78 is 0. The van der Waals surface area contributed by atoms with E-state index in [9.17, 15) is 0 Å². The van der Waals surface area contributed by atoms with E-state index in [4.69, 9.17) is 19.1 Å². The van der Waals surface area contributed by atoms with Gasteiger partial charge in [0.15, 0.2) is 0 Å². The molecule has 0 saturated carbocycles. The van der Waals surface area contributed by atoms with Crippen LogP contribution in [0.1, 0.15) is 7.43 Å². The first kappa shape index (κ1) is 8.97. The topological polar surface area (TPSA) is 0 Å². The zero-order valence-electron chi connectivity index (χ0n) is 1.07. The van der Waals surface area contributed by atoms with Crippen LogP contribution >= 0.6 is 19.1 Å². The molecule has 0 heterocycles. The van der Waals surface area contributed by atoms with E-state index in [0.717, 1.165) is 0 Å². The van der Waals surface area contributed by atoms with Gasteiger partial charge in [0.1, 0.15) is 0 Å². The quantitative estimate of drug-likeness (QED) is 0.516. The van der Waals surface area contributed by atoms with Gasteiger partial charge in [-0.25, -0.2) is 0 Å². The molecule has 0 aromatic heterocycles. The molecule has 0 amide bonds. The van der Waals surface area contributed by atoms with E-state index in [-0.39, 0.29) is 23.4 Å². The van der Waals surface area contributed by atoms with Crippen LogP contribution < -0.4 is 0 Å². The molecule has 0 fully saturated rings. The van der Waals surface area contributed by atoms with Crippen LogP contribution in [0.15, 0.2) is 0 Å². The van der Waals surface area contributed by atoms with E-state index in [0.29, 0.717) is 0 Å². The molecule has 0 aromatic carbocycles. The van der Waals surface area contributed by atoms with Crippen molar-refractivity contribution in [3.05, 3.63) is 0 Å². The fraction of sp³-hybridized carbons (Fsp3) is 1.00. The molecule has 0 unspecified atom stereocenters. The van der Waals surface area contributed by atoms with Crippen LogP contribution in [0.3, 0.4) is 0 Å². The van der Waals surface area contributed by atoms with Crippen molar-refractivity contribution in [2.45, 2.75) is 7.43 Å². The molecule has 32 valence electrons. The molecule has 0 rings (SSSR count). The predicted molar refractivity (Wildman–Crippen MR) is 18.4 cm³/mol. The molecule has 4 heavy (non-hydrogen) atoms. The maximum atomic E-state index is 4.81. The Bertz CT molecular complexity index is 6.00. The van der Waals surface area contributed by atoms with Crippen molar-refractivity contribution in [1.82, 2.24) is 0 Å². The number of rotatable bonds is 0. The fourth-order valence-corrected chi connectivity index (χ4v) is 0. The normalized spacial score (nSPS) is 5.50. The van der Waals surface area contributed by atoms with Gasteiger partial charge in [0.05, 0.1) is 0 Å². The molecule has 0 N–H and O–H groups in total. The first-order valence-electron chi connectivity index (χ1n) is 0.239. The Hall–Kier alpha value is 1.24. The molecule has 3 heteroatoms. The van der Waals surface area contributed by atoms with Gasteiger partial charge in [0.2, 0.25) is 0 Å². The van der Waals surface area contributed by atoms with Crippen molar-refractivity contribution < 1.29 is 15.9 Å². The third-order valence-corrected chi connectivity index (χ3v) is 0. The summed E-state index contributed by atoms with van der Waals surface area (Å²) in [6, 6.07) is 0. The van der Waals surface area contributed by atoms with Gasteiger partial charge in [0, 0.05) is 0 Å². The zero-order valence-corrected chi connectivity index (χ0v) is 4.14. The maximum absolute atomic E-state index is 4.81. The molecule has 0 atom stereocenters. The van der Waals surface area contributed by atoms with E-state index < -0.39 is 0 Å². The summed E-state index contributed by atoms with van der Waals surface area (Å²) >= 11 is -0.106. The minimum absolute atomic E-state index is 0. The fourth-order valence-electron chi connectivity index (χ4n) is 0. The van der Waals surface area contributed by atoms with Gasteiger partial charge >= 0.3 is 35.0 Å². The van der Waals surface area contributed by atoms with E-state index in [2.05, 4.69) is 0 Å². The third-order valence-electron chi connectivity index (χ3n) is 0. The summed E-state index contributed by atoms with van der Waals surface area (Å²) in [5.74, 6) is 0. The number of hydrogen-bond acceptors (Lipinski definition) is 0. The van der Waals surface area contributed by atoms with Crippen LogP contribution in [0, 0.1) is 0 Å². The molecular formula is CH4Cl2Pd. The molecule has 0 saturated heterocycles. The second-order valence-corrected chi connectivity index (χ2v) is 2.41. The average Bonchev–Trinajstić information content (AvgIpc) is 0.918. The first-order chi connectivity index (χ1) is 1.41. The zero-order chi connectivity index (χ0) is 2.71. The molecule has 0 aromatic rings. The Morgan fingerprint density at radius 1 is 1.25 bits per heavy atom. The predicted octanol–water partition coefficient (Wildman–Crippen LogP) is 2.01. The molecule has 0 spiro atoms. The number of hydrogen-bond donors (Lipinski definition) is 0. The van der Waals surface area contributed by atoms with Crippen LogP contribution in [0.2, 0.25) is 0 Å². The van der Waals surface area contributed by atoms with Gasteiger partial charge in [-0.15, -0.1) is 0 Å². The summed E-state index contributed by atoms with van der Waals surface area (Å²) in [6.45, 7) is 0. The summed E-state index contributed by atoms with van der Waals surface area (Å²) in [4.78, 5) is 0. The van der Waals surface area contributed by atoms with Crippen molar-refractivity contribution in [1.29, 1.82) is 0 Å². The Labute approximate surface area is 42.6 Å². The Balaban J connectivity index is 0. The van der Waals surface area contributed by atoms with Gasteiger partial charge in [-0.3, -0.25) is 0 Å². The van der Waals surface area contributed by atoms with E-state index in [1.807, 2.05) is 0 Å². The van der Waals surface area contributed by atoms with E-state index >= 15 is 0 Å². The van der Waals surface area contributed by atoms with Gasteiger partial charge in [-0.1, -0.05) is 7.43 Å². The monoisotopic (exact) mass is 192 g/mol. The molecule has 0 aliphatic carbocycles. The summed E-state index contributed by atoms with van der Waals surface area (Å²) in [5.41, 5.74) is 0. The van der Waals surface area contributed by atoms with Gasteiger partial charge < -0.3 is 0 Å². The molecule has 0 aliphatic rings. The van der Waals surface area contributed by atoms with E-state index in [1.54, 1.807) is 0 Å². The Kier molecular flexibility index (Phi) is 19.9. The molecule has 0 nitrogen and oxygen atoms in total. The van der Waals surface area contributed by atoms with Crippen LogP contribution in [0.25, 0.3) is 0 Å². The van der Waals surface area contributed by atoms with Crippen LogP contribution in [0.4, 0.5) is 0 Å². The van der Waals surface area contributed by atoms with E-state index in [1.165, 1.54) is 0 Å².